The lowest BCUT2D eigenvalue weighted by Gasteiger charge is -2.31. The number of nitrogens with one attached hydrogen (secondary N) is 1. The lowest BCUT2D eigenvalue weighted by molar-refractivity contribution is 0.414. The number of allylic oxidation sites excluding steroid dienone is 1. The largest absolute Gasteiger partial charge is 0.497 e. The number of methoxy groups -OCH3 is 1. The number of hydrogen-bond acceptors (Lipinski definition) is 4. The van der Waals surface area contributed by atoms with E-state index in [0.717, 1.165) is 61.9 Å². The van der Waals surface area contributed by atoms with Gasteiger partial charge in [-0.1, -0.05) is 39.4 Å². The van der Waals surface area contributed by atoms with E-state index in [1.54, 1.807) is 23.8 Å². The monoisotopic (exact) mass is 585 g/mol. The highest BCUT2D eigenvalue weighted by atomic mass is 79.9. The lowest BCUT2D eigenvalue weighted by Crippen LogP contribution is -2.38. The third-order valence-electron chi connectivity index (χ3n) is 7.32. The van der Waals surface area contributed by atoms with Crippen LogP contribution >= 0.6 is 27.3 Å². The summed E-state index contributed by atoms with van der Waals surface area (Å²) in [5.74, 6) is 0.510. The highest BCUT2D eigenvalue weighted by molar-refractivity contribution is 9.10. The maximum Gasteiger partial charge on any atom is 0.271 e. The molecule has 2 aliphatic rings. The molecule has 1 atom stereocenters. The van der Waals surface area contributed by atoms with Crippen molar-refractivity contribution in [1.82, 2.24) is 9.55 Å². The van der Waals surface area contributed by atoms with Crippen molar-refractivity contribution in [2.24, 2.45) is 4.99 Å². The van der Waals surface area contributed by atoms with Gasteiger partial charge in [0.25, 0.3) is 5.56 Å². The van der Waals surface area contributed by atoms with Crippen LogP contribution in [0.25, 0.3) is 22.7 Å². The van der Waals surface area contributed by atoms with E-state index in [1.165, 1.54) is 29.0 Å². The first kappa shape index (κ1) is 23.4. The third-order valence-corrected chi connectivity index (χ3v) is 8.79. The van der Waals surface area contributed by atoms with Crippen LogP contribution in [0.1, 0.15) is 34.7 Å². The van der Waals surface area contributed by atoms with E-state index >= 15 is 0 Å². The number of H-pyrrole nitrogens is 1. The van der Waals surface area contributed by atoms with Crippen LogP contribution in [0.15, 0.2) is 86.7 Å². The summed E-state index contributed by atoms with van der Waals surface area (Å²) in [7, 11) is 1.67. The summed E-state index contributed by atoms with van der Waals surface area (Å²) in [6.07, 6.45) is 5.41. The predicted octanol–water partition coefficient (Wildman–Crippen LogP) is 5.71. The molecule has 1 unspecified atom stereocenters. The Morgan fingerprint density at radius 3 is 2.79 bits per heavy atom. The molecule has 0 saturated carbocycles. The maximum atomic E-state index is 13.9. The van der Waals surface area contributed by atoms with Crippen molar-refractivity contribution in [2.75, 3.05) is 7.11 Å². The van der Waals surface area contributed by atoms with Gasteiger partial charge in [0.2, 0.25) is 0 Å². The smallest absolute Gasteiger partial charge is 0.271 e. The normalized spacial score (nSPS) is 16.7. The van der Waals surface area contributed by atoms with Gasteiger partial charge in [-0.05, 0) is 84.1 Å². The summed E-state index contributed by atoms with van der Waals surface area (Å²) in [5, 5.41) is 1.03. The Balaban J connectivity index is 1.48. The van der Waals surface area contributed by atoms with Crippen LogP contribution in [0.5, 0.6) is 5.75 Å². The molecule has 5 nitrogen and oxygen atoms in total. The van der Waals surface area contributed by atoms with Crippen molar-refractivity contribution in [3.63, 3.8) is 0 Å². The average molecular weight is 586 g/mol. The van der Waals surface area contributed by atoms with Gasteiger partial charge in [-0.3, -0.25) is 9.36 Å². The number of halogens is 2. The highest BCUT2D eigenvalue weighted by Crippen LogP contribution is 2.42. The molecule has 1 N–H and O–H groups in total. The zero-order valence-corrected chi connectivity index (χ0v) is 22.7. The Bertz CT molecular complexity index is 1970. The van der Waals surface area contributed by atoms with Gasteiger partial charge in [0.1, 0.15) is 11.6 Å². The summed E-state index contributed by atoms with van der Waals surface area (Å²) in [4.78, 5) is 22.9. The molecule has 1 aliphatic carbocycles. The molecule has 8 heteroatoms. The Morgan fingerprint density at radius 2 is 1.97 bits per heavy atom. The Hall–Kier alpha value is -3.75. The topological polar surface area (TPSA) is 59.4 Å². The van der Waals surface area contributed by atoms with Gasteiger partial charge in [-0.15, -0.1) is 0 Å². The molecule has 1 aliphatic heterocycles. The molecule has 188 valence electrons. The minimum absolute atomic E-state index is 0.0977. The number of hydrogen-bond donors (Lipinski definition) is 1. The fourth-order valence-electron chi connectivity index (χ4n) is 5.51. The first-order valence-corrected chi connectivity index (χ1v) is 13.9. The molecule has 0 spiro atoms. The van der Waals surface area contributed by atoms with Crippen LogP contribution < -0.4 is 19.6 Å². The second-order valence-electron chi connectivity index (χ2n) is 9.47. The van der Waals surface area contributed by atoms with Gasteiger partial charge in [-0.25, -0.2) is 9.38 Å². The van der Waals surface area contributed by atoms with E-state index < -0.39 is 0 Å². The standard InChI is InChI=1S/C30H21BrFN3O2S/c1-37-21-8-10-22-17(12-21)4-9-23-27(22)34-30-35(28(23)16-2-6-20(32)7-3-16)29(36)26(38-30)13-18-15-33-25-11-5-19(31)14-24(18)25/h2-3,5-8,10-15,28,33H,4,9H2,1H3/b26-13-. The van der Waals surface area contributed by atoms with Crippen LogP contribution in [0, 0.1) is 5.82 Å². The van der Waals surface area contributed by atoms with E-state index in [9.17, 15) is 9.18 Å². The Labute approximate surface area is 229 Å². The van der Waals surface area contributed by atoms with Gasteiger partial charge in [0.15, 0.2) is 4.80 Å². The van der Waals surface area contributed by atoms with Crippen molar-refractivity contribution in [3.8, 4) is 5.75 Å². The van der Waals surface area contributed by atoms with E-state index in [-0.39, 0.29) is 17.4 Å². The maximum absolute atomic E-state index is 13.9. The van der Waals surface area contributed by atoms with Crippen molar-refractivity contribution < 1.29 is 9.13 Å². The lowest BCUT2D eigenvalue weighted by atomic mass is 9.83. The number of aromatic amines is 1. The molecule has 7 rings (SSSR count). The number of benzene rings is 3. The van der Waals surface area contributed by atoms with Gasteiger partial charge in [-0.2, -0.15) is 0 Å². The summed E-state index contributed by atoms with van der Waals surface area (Å²) in [6.45, 7) is 0. The van der Waals surface area contributed by atoms with Gasteiger partial charge in [0.05, 0.1) is 23.4 Å². The Kier molecular flexibility index (Phi) is 5.49. The number of nitrogens with zero attached hydrogens (tertiary/aromatic N) is 2. The number of ether oxygens (including phenoxy) is 1. The molecule has 3 aromatic carbocycles. The first-order chi connectivity index (χ1) is 18.5. The second kappa shape index (κ2) is 8.92. The fourth-order valence-corrected chi connectivity index (χ4v) is 6.86. The molecule has 0 amide bonds. The fraction of sp³-hybridized carbons (Fsp3) is 0.133. The van der Waals surface area contributed by atoms with Crippen LogP contribution in [0.4, 0.5) is 4.39 Å². The molecule has 0 radical (unpaired) electrons. The molecule has 3 heterocycles. The van der Waals surface area contributed by atoms with Crippen LogP contribution in [0.3, 0.4) is 0 Å². The van der Waals surface area contributed by atoms with Gasteiger partial charge >= 0.3 is 0 Å². The Morgan fingerprint density at radius 1 is 1.13 bits per heavy atom. The minimum atomic E-state index is -0.351. The molecular formula is C30H21BrFN3O2S. The number of thiazole rings is 1. The SMILES string of the molecule is COc1ccc2c(c1)CCC1=C2N=c2s/c(=C\c3c[nH]c4ccc(Br)cc34)c(=O)n2C1c1ccc(F)cc1. The summed E-state index contributed by atoms with van der Waals surface area (Å²) < 4.78 is 22.7. The molecule has 0 bridgehead atoms. The van der Waals surface area contributed by atoms with E-state index in [2.05, 4.69) is 27.0 Å². The van der Waals surface area contributed by atoms with Gasteiger partial charge in [0, 0.05) is 32.7 Å². The third kappa shape index (κ3) is 3.70. The van der Waals surface area contributed by atoms with Crippen LogP contribution in [0.2, 0.25) is 0 Å². The quantitative estimate of drug-likeness (QED) is 0.295. The first-order valence-electron chi connectivity index (χ1n) is 12.2. The van der Waals surface area contributed by atoms with Crippen molar-refractivity contribution in [3.05, 3.63) is 125 Å². The van der Waals surface area contributed by atoms with Crippen molar-refractivity contribution in [2.45, 2.75) is 18.9 Å². The summed E-state index contributed by atoms with van der Waals surface area (Å²) in [5.41, 5.74) is 6.90. The molecule has 5 aromatic rings. The number of aryl methyl sites for hydroxylation is 1. The second-order valence-corrected chi connectivity index (χ2v) is 11.4. The average Bonchev–Trinajstić information content (AvgIpc) is 3.47. The minimum Gasteiger partial charge on any atom is -0.497 e. The highest BCUT2D eigenvalue weighted by Gasteiger charge is 2.32. The van der Waals surface area contributed by atoms with E-state index in [0.29, 0.717) is 9.33 Å². The predicted molar refractivity (Wildman–Crippen MR) is 152 cm³/mol. The zero-order chi connectivity index (χ0) is 26.0. The van der Waals surface area contributed by atoms with Crippen molar-refractivity contribution >= 4 is 49.9 Å². The number of rotatable bonds is 3. The van der Waals surface area contributed by atoms with Gasteiger partial charge < -0.3 is 9.72 Å². The van der Waals surface area contributed by atoms with Crippen LogP contribution in [-0.4, -0.2) is 16.7 Å². The van der Waals surface area contributed by atoms with E-state index in [4.69, 9.17) is 9.73 Å². The number of aromatic nitrogens is 2. The van der Waals surface area contributed by atoms with E-state index in [1.807, 2.05) is 42.6 Å². The molecule has 0 saturated heterocycles. The molecule has 0 fully saturated rings. The molecular weight excluding hydrogens is 565 g/mol. The van der Waals surface area contributed by atoms with Crippen LogP contribution in [-0.2, 0) is 6.42 Å². The summed E-state index contributed by atoms with van der Waals surface area (Å²) in [6, 6.07) is 18.2. The summed E-state index contributed by atoms with van der Waals surface area (Å²) >= 11 is 4.93. The molecule has 38 heavy (non-hydrogen) atoms. The zero-order valence-electron chi connectivity index (χ0n) is 20.3. The molecule has 2 aromatic heterocycles. The van der Waals surface area contributed by atoms with Crippen molar-refractivity contribution in [1.29, 1.82) is 0 Å². The number of fused-ring (bicyclic) bond motifs is 4.